The molecular formula is C15H24O. The van der Waals surface area contributed by atoms with Crippen LogP contribution < -0.4 is 0 Å². The predicted molar refractivity (Wildman–Crippen MR) is 66.0 cm³/mol. The minimum atomic E-state index is 0.225. The van der Waals surface area contributed by atoms with E-state index >= 15 is 0 Å². The second kappa shape index (κ2) is 3.13. The molecule has 4 aliphatic carbocycles. The average molecular weight is 220 g/mol. The van der Waals surface area contributed by atoms with Gasteiger partial charge in [0.25, 0.3) is 0 Å². The van der Waals surface area contributed by atoms with E-state index < -0.39 is 0 Å². The van der Waals surface area contributed by atoms with Crippen molar-refractivity contribution >= 4 is 0 Å². The van der Waals surface area contributed by atoms with Crippen LogP contribution in [0.15, 0.2) is 11.6 Å². The molecule has 0 aromatic rings. The lowest BCUT2D eigenvalue weighted by atomic mass is 9.71. The van der Waals surface area contributed by atoms with E-state index in [2.05, 4.69) is 19.9 Å². The fourth-order valence-corrected chi connectivity index (χ4v) is 5.19. The number of hydrogen-bond donors (Lipinski definition) is 1. The summed E-state index contributed by atoms with van der Waals surface area (Å²) in [6, 6.07) is 0. The van der Waals surface area contributed by atoms with Crippen LogP contribution in [-0.2, 0) is 0 Å². The van der Waals surface area contributed by atoms with Gasteiger partial charge in [-0.3, -0.25) is 0 Å². The van der Waals surface area contributed by atoms with Crippen LogP contribution in [0.3, 0.4) is 0 Å². The molecule has 0 radical (unpaired) electrons. The first-order valence-electron chi connectivity index (χ1n) is 6.80. The monoisotopic (exact) mass is 220 g/mol. The minimum absolute atomic E-state index is 0.225. The summed E-state index contributed by atoms with van der Waals surface area (Å²) >= 11 is 0. The van der Waals surface area contributed by atoms with Crippen LogP contribution in [0.2, 0.25) is 0 Å². The van der Waals surface area contributed by atoms with Crippen LogP contribution in [0.4, 0.5) is 0 Å². The minimum Gasteiger partial charge on any atom is -0.392 e. The second-order valence-corrected chi connectivity index (χ2v) is 6.83. The van der Waals surface area contributed by atoms with Crippen molar-refractivity contribution in [3.05, 3.63) is 11.6 Å². The Labute approximate surface area is 98.9 Å². The Morgan fingerprint density at radius 2 is 1.94 bits per heavy atom. The molecule has 1 heteroatoms. The fraction of sp³-hybridized carbons (Fsp3) is 0.867. The van der Waals surface area contributed by atoms with E-state index in [1.807, 2.05) is 6.92 Å². The quantitative estimate of drug-likeness (QED) is 0.720. The van der Waals surface area contributed by atoms with Gasteiger partial charge in [0.1, 0.15) is 0 Å². The molecule has 0 amide bonds. The molecule has 4 rings (SSSR count). The van der Waals surface area contributed by atoms with E-state index in [0.29, 0.717) is 10.8 Å². The zero-order chi connectivity index (χ0) is 11.6. The Morgan fingerprint density at radius 1 is 1.31 bits per heavy atom. The second-order valence-electron chi connectivity index (χ2n) is 6.83. The predicted octanol–water partition coefficient (Wildman–Crippen LogP) is 3.39. The Kier molecular flexibility index (Phi) is 2.12. The fourth-order valence-electron chi connectivity index (χ4n) is 5.19. The molecule has 0 heterocycles. The Morgan fingerprint density at radius 3 is 2.38 bits per heavy atom. The maximum Gasteiger partial charge on any atom is 0.0639 e. The molecule has 0 aromatic heterocycles. The third-order valence-electron chi connectivity index (χ3n) is 6.53. The lowest BCUT2D eigenvalue weighted by Crippen LogP contribution is -2.26. The van der Waals surface area contributed by atoms with E-state index in [-0.39, 0.29) is 6.61 Å². The van der Waals surface area contributed by atoms with Crippen LogP contribution in [0.25, 0.3) is 0 Å². The van der Waals surface area contributed by atoms with E-state index in [0.717, 1.165) is 29.7 Å². The highest BCUT2D eigenvalue weighted by Crippen LogP contribution is 2.87. The summed E-state index contributed by atoms with van der Waals surface area (Å²) in [6.07, 6.45) is 7.76. The van der Waals surface area contributed by atoms with Gasteiger partial charge in [-0.05, 0) is 61.2 Å². The van der Waals surface area contributed by atoms with Crippen molar-refractivity contribution in [1.29, 1.82) is 0 Å². The van der Waals surface area contributed by atoms with Crippen molar-refractivity contribution in [3.8, 4) is 0 Å². The lowest BCUT2D eigenvalue weighted by Gasteiger charge is -2.34. The number of rotatable bonds is 4. The molecule has 0 spiro atoms. The maximum absolute atomic E-state index is 8.99. The summed E-state index contributed by atoms with van der Waals surface area (Å²) in [6.45, 7) is 7.33. The normalized spacial score (nSPS) is 53.5. The summed E-state index contributed by atoms with van der Waals surface area (Å²) in [5.74, 6) is 3.16. The zero-order valence-corrected chi connectivity index (χ0v) is 10.8. The van der Waals surface area contributed by atoms with Gasteiger partial charge in [0.2, 0.25) is 0 Å². The van der Waals surface area contributed by atoms with Crippen LogP contribution in [0.1, 0.15) is 46.5 Å². The Balaban J connectivity index is 1.68. The Bertz CT molecular complexity index is 331. The largest absolute Gasteiger partial charge is 0.392 e. The first-order valence-corrected chi connectivity index (χ1v) is 6.80. The first-order chi connectivity index (χ1) is 7.54. The van der Waals surface area contributed by atoms with Crippen LogP contribution in [0.5, 0.6) is 0 Å². The zero-order valence-electron chi connectivity index (χ0n) is 10.8. The molecule has 90 valence electrons. The van der Waals surface area contributed by atoms with Crippen molar-refractivity contribution in [2.45, 2.75) is 46.5 Å². The first kappa shape index (κ1) is 10.8. The van der Waals surface area contributed by atoms with Crippen molar-refractivity contribution < 1.29 is 5.11 Å². The molecule has 1 nitrogen and oxygen atoms in total. The molecule has 4 aliphatic rings. The molecule has 3 unspecified atom stereocenters. The van der Waals surface area contributed by atoms with Crippen LogP contribution in [-0.4, -0.2) is 11.7 Å². The van der Waals surface area contributed by atoms with Gasteiger partial charge < -0.3 is 5.11 Å². The number of allylic oxidation sites excluding steroid dienone is 1. The number of aliphatic hydroxyl groups excluding tert-OH is 1. The summed E-state index contributed by atoms with van der Waals surface area (Å²) in [4.78, 5) is 0. The highest BCUT2D eigenvalue weighted by atomic mass is 16.3. The van der Waals surface area contributed by atoms with Crippen LogP contribution in [0, 0.1) is 28.6 Å². The SMILES string of the molecule is C/C(=C\CCC1(C)C2CC3[C@@H](C2)[C@]31C)CO. The highest BCUT2D eigenvalue weighted by Gasteiger charge is 2.80. The molecule has 0 aliphatic heterocycles. The standard InChI is InChI=1S/C15H24O/c1-10(9-16)5-4-6-14(2)11-7-12-13(8-11)15(12,14)3/h5,11-13,16H,4,6-9H2,1-3H3/b10-5+/t11?,12-,13?,14?,15-/m1/s1. The molecular weight excluding hydrogens is 196 g/mol. The smallest absolute Gasteiger partial charge is 0.0639 e. The summed E-state index contributed by atoms with van der Waals surface area (Å²) in [5, 5.41) is 8.99. The van der Waals surface area contributed by atoms with Gasteiger partial charge in [0.05, 0.1) is 6.61 Å². The van der Waals surface area contributed by atoms with E-state index in [1.54, 1.807) is 0 Å². The molecule has 4 saturated carbocycles. The van der Waals surface area contributed by atoms with Gasteiger partial charge in [0.15, 0.2) is 0 Å². The highest BCUT2D eigenvalue weighted by molar-refractivity contribution is 5.29. The summed E-state index contributed by atoms with van der Waals surface area (Å²) < 4.78 is 0. The van der Waals surface area contributed by atoms with Gasteiger partial charge in [0, 0.05) is 0 Å². The summed E-state index contributed by atoms with van der Waals surface area (Å²) in [7, 11) is 0. The third kappa shape index (κ3) is 1.06. The molecule has 1 N–H and O–H groups in total. The molecule has 4 bridgehead atoms. The van der Waals surface area contributed by atoms with E-state index in [4.69, 9.17) is 5.11 Å². The van der Waals surface area contributed by atoms with Crippen molar-refractivity contribution in [2.24, 2.45) is 28.6 Å². The van der Waals surface area contributed by atoms with Crippen molar-refractivity contribution in [1.82, 2.24) is 0 Å². The van der Waals surface area contributed by atoms with Gasteiger partial charge in [-0.1, -0.05) is 25.5 Å². The van der Waals surface area contributed by atoms with Gasteiger partial charge >= 0.3 is 0 Å². The van der Waals surface area contributed by atoms with Crippen molar-refractivity contribution in [3.63, 3.8) is 0 Å². The molecule has 0 saturated heterocycles. The van der Waals surface area contributed by atoms with Crippen molar-refractivity contribution in [2.75, 3.05) is 6.61 Å². The topological polar surface area (TPSA) is 20.2 Å². The van der Waals surface area contributed by atoms with Gasteiger partial charge in [-0.2, -0.15) is 0 Å². The number of aliphatic hydroxyl groups is 1. The molecule has 4 fully saturated rings. The average Bonchev–Trinajstić information content (AvgIpc) is 2.62. The third-order valence-corrected chi connectivity index (χ3v) is 6.53. The Hall–Kier alpha value is -0.300. The summed E-state index contributed by atoms with van der Waals surface area (Å²) in [5.41, 5.74) is 2.43. The molecule has 0 aromatic carbocycles. The van der Waals surface area contributed by atoms with Gasteiger partial charge in [-0.15, -0.1) is 0 Å². The van der Waals surface area contributed by atoms with Gasteiger partial charge in [-0.25, -0.2) is 0 Å². The number of hydrogen-bond acceptors (Lipinski definition) is 1. The van der Waals surface area contributed by atoms with E-state index in [1.165, 1.54) is 19.3 Å². The maximum atomic E-state index is 8.99. The molecule has 16 heavy (non-hydrogen) atoms. The lowest BCUT2D eigenvalue weighted by molar-refractivity contribution is 0.154. The molecule has 5 atom stereocenters. The van der Waals surface area contributed by atoms with E-state index in [9.17, 15) is 0 Å². The van der Waals surface area contributed by atoms with Crippen LogP contribution >= 0.6 is 0 Å².